The highest BCUT2D eigenvalue weighted by Gasteiger charge is 2.03. The van der Waals surface area contributed by atoms with Crippen LogP contribution in [0.4, 0.5) is 0 Å². The molecule has 0 atom stereocenters. The van der Waals surface area contributed by atoms with E-state index in [1.54, 1.807) is 0 Å². The molecule has 2 heteroatoms. The fourth-order valence-corrected chi connectivity index (χ4v) is 3.55. The quantitative estimate of drug-likeness (QED) is 0.147. The molecule has 0 N–H and O–H groups in total. The molecule has 0 aliphatic carbocycles. The lowest BCUT2D eigenvalue weighted by atomic mass is 10.0. The third-order valence-electron chi connectivity index (χ3n) is 5.42. The van der Waals surface area contributed by atoms with Crippen molar-refractivity contribution in [3.8, 4) is 0 Å². The number of esters is 1. The Morgan fingerprint density at radius 1 is 0.630 bits per heavy atom. The van der Waals surface area contributed by atoms with Gasteiger partial charge in [-0.15, -0.1) is 0 Å². The molecule has 0 heterocycles. The van der Waals surface area contributed by atoms with Crippen LogP contribution in [-0.4, -0.2) is 12.6 Å². The predicted octanol–water partition coefficient (Wildman–Crippen LogP) is 8.62. The van der Waals surface area contributed by atoms with Crippen molar-refractivity contribution in [2.45, 2.75) is 143 Å². The molecule has 0 aliphatic heterocycles. The van der Waals surface area contributed by atoms with Crippen LogP contribution in [0.3, 0.4) is 0 Å². The maximum atomic E-state index is 11.7. The van der Waals surface area contributed by atoms with Gasteiger partial charge in [-0.05, 0) is 25.2 Å². The smallest absolute Gasteiger partial charge is 0.305 e. The fourth-order valence-electron chi connectivity index (χ4n) is 3.55. The van der Waals surface area contributed by atoms with Crippen LogP contribution in [0.25, 0.3) is 0 Å². The number of carbonyl (C=O) groups excluding carboxylic acids is 1. The molecule has 0 aliphatic rings. The monoisotopic (exact) mass is 382 g/mol. The van der Waals surface area contributed by atoms with E-state index in [-0.39, 0.29) is 5.97 Å². The first-order valence-corrected chi connectivity index (χ1v) is 12.3. The zero-order chi connectivity index (χ0) is 20.0. The molecule has 0 unspecified atom stereocenters. The van der Waals surface area contributed by atoms with Crippen LogP contribution < -0.4 is 0 Å². The summed E-state index contributed by atoms with van der Waals surface area (Å²) in [5.41, 5.74) is 0. The van der Waals surface area contributed by atoms with Gasteiger partial charge < -0.3 is 4.74 Å². The highest BCUT2D eigenvalue weighted by molar-refractivity contribution is 5.69. The first-order valence-electron chi connectivity index (χ1n) is 12.3. The Balaban J connectivity index is 3.12. The maximum Gasteiger partial charge on any atom is 0.305 e. The molecule has 0 aromatic carbocycles. The van der Waals surface area contributed by atoms with E-state index in [4.69, 9.17) is 4.74 Å². The van der Waals surface area contributed by atoms with Gasteiger partial charge >= 0.3 is 5.97 Å². The van der Waals surface area contributed by atoms with Crippen molar-refractivity contribution in [3.05, 3.63) is 0 Å². The zero-order valence-electron chi connectivity index (χ0n) is 19.0. The molecule has 0 spiro atoms. The lowest BCUT2D eigenvalue weighted by Gasteiger charge is -2.06. The second-order valence-corrected chi connectivity index (χ2v) is 8.81. The summed E-state index contributed by atoms with van der Waals surface area (Å²) >= 11 is 0. The molecule has 0 bridgehead atoms. The highest BCUT2D eigenvalue weighted by atomic mass is 16.5. The summed E-state index contributed by atoms with van der Waals surface area (Å²) in [7, 11) is 0. The molecular formula is C25H50O2. The first kappa shape index (κ1) is 26.5. The minimum Gasteiger partial charge on any atom is -0.466 e. The lowest BCUT2D eigenvalue weighted by Crippen LogP contribution is -2.05. The summed E-state index contributed by atoms with van der Waals surface area (Å²) in [4.78, 5) is 11.7. The van der Waals surface area contributed by atoms with Gasteiger partial charge in [-0.2, -0.15) is 0 Å². The highest BCUT2D eigenvalue weighted by Crippen LogP contribution is 2.14. The van der Waals surface area contributed by atoms with Crippen LogP contribution in [0.5, 0.6) is 0 Å². The molecule has 0 aromatic heterocycles. The van der Waals surface area contributed by atoms with E-state index in [0.717, 1.165) is 18.8 Å². The zero-order valence-corrected chi connectivity index (χ0v) is 19.0. The molecule has 0 rings (SSSR count). The molecule has 0 aromatic rings. The molecule has 2 nitrogen and oxygen atoms in total. The Hall–Kier alpha value is -0.530. The van der Waals surface area contributed by atoms with Crippen molar-refractivity contribution in [2.24, 2.45) is 5.92 Å². The van der Waals surface area contributed by atoms with Crippen molar-refractivity contribution in [1.29, 1.82) is 0 Å². The van der Waals surface area contributed by atoms with E-state index in [0.29, 0.717) is 13.0 Å². The summed E-state index contributed by atoms with van der Waals surface area (Å²) in [5, 5.41) is 0. The number of hydrogen-bond donors (Lipinski definition) is 0. The molecular weight excluding hydrogens is 332 g/mol. The number of ether oxygens (including phenoxy) is 1. The van der Waals surface area contributed by atoms with E-state index in [1.165, 1.54) is 103 Å². The summed E-state index contributed by atoms with van der Waals surface area (Å²) in [6, 6.07) is 0. The average Bonchev–Trinajstić information content (AvgIpc) is 2.64. The maximum absolute atomic E-state index is 11.7. The summed E-state index contributed by atoms with van der Waals surface area (Å²) in [5.74, 6) is 0.760. The predicted molar refractivity (Wildman–Crippen MR) is 119 cm³/mol. The Morgan fingerprint density at radius 3 is 1.52 bits per heavy atom. The molecule has 0 radical (unpaired) electrons. The summed E-state index contributed by atoms with van der Waals surface area (Å²) in [6.07, 6.45) is 24.4. The van der Waals surface area contributed by atoms with E-state index in [1.807, 2.05) is 0 Å². The van der Waals surface area contributed by atoms with Gasteiger partial charge in [-0.25, -0.2) is 0 Å². The molecule has 27 heavy (non-hydrogen) atoms. The average molecular weight is 383 g/mol. The van der Waals surface area contributed by atoms with Gasteiger partial charge in [0, 0.05) is 6.42 Å². The van der Waals surface area contributed by atoms with Gasteiger partial charge in [-0.3, -0.25) is 4.79 Å². The largest absolute Gasteiger partial charge is 0.466 e. The van der Waals surface area contributed by atoms with E-state index in [2.05, 4.69) is 20.8 Å². The van der Waals surface area contributed by atoms with Gasteiger partial charge in [0.05, 0.1) is 6.61 Å². The Kier molecular flexibility index (Phi) is 21.3. The topological polar surface area (TPSA) is 26.3 Å². The fraction of sp³-hybridized carbons (Fsp3) is 0.960. The Morgan fingerprint density at radius 2 is 1.07 bits per heavy atom. The van der Waals surface area contributed by atoms with Crippen molar-refractivity contribution < 1.29 is 9.53 Å². The third-order valence-corrected chi connectivity index (χ3v) is 5.42. The molecule has 162 valence electrons. The van der Waals surface area contributed by atoms with Crippen LogP contribution in [0.15, 0.2) is 0 Å². The number of unbranched alkanes of at least 4 members (excludes halogenated alkanes) is 15. The summed E-state index contributed by atoms with van der Waals surface area (Å²) < 4.78 is 5.30. The van der Waals surface area contributed by atoms with Gasteiger partial charge in [0.25, 0.3) is 0 Å². The molecule has 0 amide bonds. The van der Waals surface area contributed by atoms with E-state index >= 15 is 0 Å². The van der Waals surface area contributed by atoms with Crippen LogP contribution in [-0.2, 0) is 9.53 Å². The first-order chi connectivity index (χ1) is 13.2. The second-order valence-electron chi connectivity index (χ2n) is 8.81. The van der Waals surface area contributed by atoms with Crippen LogP contribution in [0.2, 0.25) is 0 Å². The van der Waals surface area contributed by atoms with Gasteiger partial charge in [0.2, 0.25) is 0 Å². The SMILES string of the molecule is CCCCCCCCCCCCCCCCCC(=O)OCCCCC(C)C. The van der Waals surface area contributed by atoms with Crippen LogP contribution in [0, 0.1) is 5.92 Å². The molecule has 0 fully saturated rings. The van der Waals surface area contributed by atoms with Gasteiger partial charge in [0.1, 0.15) is 0 Å². The van der Waals surface area contributed by atoms with E-state index in [9.17, 15) is 4.79 Å². The minimum atomic E-state index is 0.00856. The number of carbonyl (C=O) groups is 1. The lowest BCUT2D eigenvalue weighted by molar-refractivity contribution is -0.143. The van der Waals surface area contributed by atoms with Gasteiger partial charge in [-0.1, -0.05) is 117 Å². The Bertz CT molecular complexity index is 299. The van der Waals surface area contributed by atoms with Crippen LogP contribution >= 0.6 is 0 Å². The van der Waals surface area contributed by atoms with Crippen molar-refractivity contribution in [1.82, 2.24) is 0 Å². The van der Waals surface area contributed by atoms with Crippen LogP contribution in [0.1, 0.15) is 143 Å². The number of hydrogen-bond acceptors (Lipinski definition) is 2. The molecule has 0 saturated heterocycles. The second kappa shape index (κ2) is 21.8. The number of rotatable bonds is 21. The van der Waals surface area contributed by atoms with Gasteiger partial charge in [0.15, 0.2) is 0 Å². The molecule has 0 saturated carbocycles. The van der Waals surface area contributed by atoms with Crippen molar-refractivity contribution in [2.75, 3.05) is 6.61 Å². The van der Waals surface area contributed by atoms with Crippen molar-refractivity contribution in [3.63, 3.8) is 0 Å². The summed E-state index contributed by atoms with van der Waals surface area (Å²) in [6.45, 7) is 7.37. The third kappa shape index (κ3) is 23.4. The standard InChI is InChI=1S/C25H50O2/c1-4-5-6-7-8-9-10-11-12-13-14-15-16-17-18-22-25(26)27-23-20-19-21-24(2)3/h24H,4-23H2,1-3H3. The minimum absolute atomic E-state index is 0.00856. The normalized spacial score (nSPS) is 11.3. The van der Waals surface area contributed by atoms with E-state index < -0.39 is 0 Å². The van der Waals surface area contributed by atoms with Crippen molar-refractivity contribution >= 4 is 5.97 Å². The Labute approximate surface area is 171 Å².